The topological polar surface area (TPSA) is 24.1 Å². The predicted molar refractivity (Wildman–Crippen MR) is 107 cm³/mol. The normalized spacial score (nSPS) is 30.9. The maximum Gasteiger partial charge on any atom is 0.123 e. The van der Waals surface area contributed by atoms with Crippen LogP contribution >= 0.6 is 11.9 Å². The van der Waals surface area contributed by atoms with Crippen LogP contribution in [0.3, 0.4) is 0 Å². The number of halogens is 1. The Morgan fingerprint density at radius 3 is 2.31 bits per heavy atom. The van der Waals surface area contributed by atoms with Crippen molar-refractivity contribution in [2.24, 2.45) is 0 Å². The van der Waals surface area contributed by atoms with Crippen molar-refractivity contribution >= 4 is 11.9 Å². The first-order valence-electron chi connectivity index (χ1n) is 9.67. The smallest absolute Gasteiger partial charge is 0.123 e. The number of nitrogens with one attached hydrogen (secondary N) is 2. The van der Waals surface area contributed by atoms with Crippen molar-refractivity contribution in [3.05, 3.63) is 66.2 Å². The van der Waals surface area contributed by atoms with E-state index >= 15 is 4.39 Å². The van der Waals surface area contributed by atoms with Crippen molar-refractivity contribution in [1.82, 2.24) is 10.0 Å². The fourth-order valence-corrected chi connectivity index (χ4v) is 4.70. The molecule has 2 nitrogen and oxygen atoms in total. The minimum absolute atomic E-state index is 0.405. The summed E-state index contributed by atoms with van der Waals surface area (Å²) < 4.78 is 18.6. The molecule has 0 heterocycles. The number of hydrogen-bond donors (Lipinski definition) is 2. The molecule has 2 aromatic rings. The van der Waals surface area contributed by atoms with Gasteiger partial charge in [-0.15, -0.1) is 0 Å². The number of rotatable bonds is 7. The van der Waals surface area contributed by atoms with E-state index in [2.05, 4.69) is 46.4 Å². The van der Waals surface area contributed by atoms with Gasteiger partial charge >= 0.3 is 0 Å². The number of benzene rings is 2. The third-order valence-electron chi connectivity index (χ3n) is 5.67. The fraction of sp³-hybridized carbons (Fsp3) is 0.455. The number of hydrogen-bond acceptors (Lipinski definition) is 3. The molecule has 2 atom stereocenters. The van der Waals surface area contributed by atoms with Gasteiger partial charge in [0.15, 0.2) is 0 Å². The molecular weight excluding hydrogens is 343 g/mol. The molecule has 0 amide bonds. The maximum atomic E-state index is 15.1. The van der Waals surface area contributed by atoms with Crippen LogP contribution in [-0.2, 0) is 0 Å². The molecule has 2 aliphatic carbocycles. The van der Waals surface area contributed by atoms with Crippen LogP contribution in [0.15, 0.2) is 65.6 Å². The third kappa shape index (κ3) is 4.67. The highest BCUT2D eigenvalue weighted by Crippen LogP contribution is 2.41. The van der Waals surface area contributed by atoms with Gasteiger partial charge in [-0.05, 0) is 61.7 Å². The summed E-state index contributed by atoms with van der Waals surface area (Å²) in [7, 11) is 0. The predicted octanol–water partition coefficient (Wildman–Crippen LogP) is 5.08. The van der Waals surface area contributed by atoms with Crippen LogP contribution in [0.2, 0.25) is 0 Å². The van der Waals surface area contributed by atoms with E-state index in [-0.39, 0.29) is 0 Å². The molecule has 0 saturated heterocycles. The van der Waals surface area contributed by atoms with Crippen LogP contribution in [0, 0.1) is 0 Å². The van der Waals surface area contributed by atoms with Gasteiger partial charge in [0.05, 0.1) is 0 Å². The molecule has 2 fully saturated rings. The van der Waals surface area contributed by atoms with Gasteiger partial charge in [-0.2, -0.15) is 0 Å². The highest BCUT2D eigenvalue weighted by molar-refractivity contribution is 7.97. The molecule has 2 saturated carbocycles. The quantitative estimate of drug-likeness (QED) is 0.665. The summed E-state index contributed by atoms with van der Waals surface area (Å²) in [6, 6.07) is 21.8. The molecule has 138 valence electrons. The van der Waals surface area contributed by atoms with Gasteiger partial charge < -0.3 is 5.32 Å². The minimum atomic E-state index is -1.04. The van der Waals surface area contributed by atoms with Crippen molar-refractivity contribution in [1.29, 1.82) is 0 Å². The molecule has 2 unspecified atom stereocenters. The van der Waals surface area contributed by atoms with Gasteiger partial charge in [0.2, 0.25) is 0 Å². The Kier molecular flexibility index (Phi) is 5.63. The molecule has 2 aromatic carbocycles. The summed E-state index contributed by atoms with van der Waals surface area (Å²) in [6.45, 7) is 0.500. The van der Waals surface area contributed by atoms with Gasteiger partial charge in [-0.3, -0.25) is 4.72 Å². The van der Waals surface area contributed by atoms with Gasteiger partial charge in [-0.1, -0.05) is 48.5 Å². The Balaban J connectivity index is 1.18. The lowest BCUT2D eigenvalue weighted by molar-refractivity contribution is 0.0952. The highest BCUT2D eigenvalue weighted by Gasteiger charge is 2.41. The molecule has 26 heavy (non-hydrogen) atoms. The second-order valence-electron chi connectivity index (χ2n) is 7.70. The molecule has 2 N–H and O–H groups in total. The molecule has 4 rings (SSSR count). The van der Waals surface area contributed by atoms with Crippen molar-refractivity contribution in [3.63, 3.8) is 0 Å². The van der Waals surface area contributed by atoms with Crippen LogP contribution in [-0.4, -0.2) is 24.3 Å². The minimum Gasteiger partial charge on any atom is -0.310 e. The molecule has 0 aromatic heterocycles. The maximum absolute atomic E-state index is 15.1. The summed E-state index contributed by atoms with van der Waals surface area (Å²) in [5, 5.41) is 3.49. The van der Waals surface area contributed by atoms with Crippen molar-refractivity contribution in [2.45, 2.75) is 60.7 Å². The lowest BCUT2D eigenvalue weighted by atomic mass is 9.84. The second kappa shape index (κ2) is 8.12. The molecular formula is C22H27FN2S. The van der Waals surface area contributed by atoms with Crippen LogP contribution in [0.4, 0.5) is 4.39 Å². The number of alkyl halides is 1. The fourth-order valence-electron chi connectivity index (χ4n) is 3.87. The van der Waals surface area contributed by atoms with Crippen molar-refractivity contribution < 1.29 is 4.39 Å². The van der Waals surface area contributed by atoms with Crippen molar-refractivity contribution in [3.8, 4) is 0 Å². The van der Waals surface area contributed by atoms with E-state index < -0.39 is 5.67 Å². The van der Waals surface area contributed by atoms with Crippen LogP contribution in [0.1, 0.15) is 43.6 Å². The molecule has 0 bridgehead atoms. The Bertz CT molecular complexity index is 686. The Labute approximate surface area is 160 Å². The summed E-state index contributed by atoms with van der Waals surface area (Å²) >= 11 is 1.67. The van der Waals surface area contributed by atoms with Gasteiger partial charge in [-0.25, -0.2) is 4.39 Å². The van der Waals surface area contributed by atoms with E-state index in [0.717, 1.165) is 19.3 Å². The zero-order valence-electron chi connectivity index (χ0n) is 15.0. The van der Waals surface area contributed by atoms with E-state index in [1.807, 2.05) is 24.3 Å². The van der Waals surface area contributed by atoms with Crippen LogP contribution in [0.25, 0.3) is 0 Å². The molecule has 0 spiro atoms. The zero-order chi connectivity index (χ0) is 17.8. The van der Waals surface area contributed by atoms with Crippen molar-refractivity contribution in [2.75, 3.05) is 6.54 Å². The lowest BCUT2D eigenvalue weighted by Crippen LogP contribution is -2.44. The first kappa shape index (κ1) is 18.0. The first-order chi connectivity index (χ1) is 12.7. The Morgan fingerprint density at radius 1 is 0.962 bits per heavy atom. The zero-order valence-corrected chi connectivity index (χ0v) is 15.9. The second-order valence-corrected chi connectivity index (χ2v) is 8.61. The largest absolute Gasteiger partial charge is 0.310 e. The van der Waals surface area contributed by atoms with E-state index in [9.17, 15) is 0 Å². The molecule has 2 aliphatic rings. The van der Waals surface area contributed by atoms with Crippen LogP contribution in [0.5, 0.6) is 0 Å². The van der Waals surface area contributed by atoms with Gasteiger partial charge in [0.1, 0.15) is 5.67 Å². The summed E-state index contributed by atoms with van der Waals surface area (Å²) in [5.74, 6) is 0.570. The lowest BCUT2D eigenvalue weighted by Gasteiger charge is -2.34. The molecule has 0 radical (unpaired) electrons. The van der Waals surface area contributed by atoms with Crippen LogP contribution < -0.4 is 10.0 Å². The first-order valence-corrected chi connectivity index (χ1v) is 10.5. The molecule has 4 heteroatoms. The third-order valence-corrected chi connectivity index (χ3v) is 6.63. The van der Waals surface area contributed by atoms with Gasteiger partial charge in [0.25, 0.3) is 0 Å². The van der Waals surface area contributed by atoms with E-state index in [1.165, 1.54) is 10.5 Å². The monoisotopic (exact) mass is 370 g/mol. The van der Waals surface area contributed by atoms with E-state index in [0.29, 0.717) is 37.4 Å². The van der Waals surface area contributed by atoms with Gasteiger partial charge in [0, 0.05) is 29.4 Å². The average molecular weight is 371 g/mol. The SMILES string of the molecule is FC1(CNC2CC2c2ccccc2)CCC(NSc2ccccc2)CC1. The summed E-state index contributed by atoms with van der Waals surface area (Å²) in [4.78, 5) is 1.21. The Morgan fingerprint density at radius 2 is 1.62 bits per heavy atom. The van der Waals surface area contributed by atoms with E-state index in [4.69, 9.17) is 0 Å². The summed E-state index contributed by atoms with van der Waals surface area (Å²) in [6.07, 6.45) is 4.25. The Hall–Kier alpha value is -1.36. The molecule has 0 aliphatic heterocycles. The van der Waals surface area contributed by atoms with E-state index in [1.54, 1.807) is 11.9 Å². The summed E-state index contributed by atoms with van der Waals surface area (Å²) in [5.41, 5.74) is 0.336. The highest BCUT2D eigenvalue weighted by atomic mass is 32.2. The standard InChI is InChI=1S/C22H27FN2S/c23-22(16-24-21-15-20(21)17-7-3-1-4-8-17)13-11-18(12-14-22)25-26-19-9-5-2-6-10-19/h1-10,18,20-21,24-25H,11-16H2. The average Bonchev–Trinajstić information content (AvgIpc) is 3.48.